The molecule has 0 atom stereocenters. The number of rotatable bonds is 17. The van der Waals surface area contributed by atoms with Gasteiger partial charge in [-0.2, -0.15) is 30.6 Å². The number of anilines is 3. The first-order valence-corrected chi connectivity index (χ1v) is 30.8. The molecule has 9 aromatic rings. The summed E-state index contributed by atoms with van der Waals surface area (Å²) in [6, 6.07) is 36.9. The first kappa shape index (κ1) is 71.7. The number of aromatic nitrogens is 6. The fourth-order valence-corrected chi connectivity index (χ4v) is 10.3. The van der Waals surface area contributed by atoms with Gasteiger partial charge in [-0.15, -0.1) is 0 Å². The first-order valence-electron chi connectivity index (χ1n) is 28.7. The number of hydrazone groups is 3. The molecule has 0 unspecified atom stereocenters. The molecule has 3 heterocycles. The second-order valence-electron chi connectivity index (χ2n) is 21.7. The fourth-order valence-electron chi connectivity index (χ4n) is 9.39. The van der Waals surface area contributed by atoms with Gasteiger partial charge < -0.3 is 46.6 Å². The standard InChI is InChI=1S/C24H27N5O3S.C22H23N5O3S.C20H17BrFN5O3S/c1-14(2)13-16-5-7-17(8-6-16)21-22(30)20(28-29(21)4)15(3)26-27-24(33)25-19-11-9-18(10-12-19)23(31)32;1-12-9-13(2)11-16(10-12)19-20(28)18(26-27(19)4)14(3)24-25-22(31)23-17-7-5-15(6-8-17)21(29)30;1-10(24-25-20(31)23-13-6-3-11(4-7-13)19(29)30)16-18(28)17(27(2)26-16)12-5-8-15(22)14(21)9-12/h5-12,14,30H,13H2,1-4H3,(H,31,32)(H2,25,27,33);5-11,28H,1-4H3,(H,29,30)(H2,23,25,31);3-9,28H,1-2H3,(H,29,30)(H2,23,25,31)/b26-15+;24-14+;24-10+. The molecule has 0 saturated heterocycles. The molecule has 3 aromatic heterocycles. The van der Waals surface area contributed by atoms with Crippen LogP contribution in [0.2, 0.25) is 0 Å². The Bertz CT molecular complexity index is 4440. The average molecular weight is 1410 g/mol. The SMILES string of the molecule is C/C(=N\NC(=S)Nc1ccc(C(=O)O)cc1)c1nn(C)c(-c2cc(C)cc(C)c2)c1O.C/C(=N\NC(=S)Nc1ccc(C(=O)O)cc1)c1nn(C)c(-c2ccc(CC(C)C)cc2)c1O.C/C(=N\NC(=S)Nc1ccc(C(=O)O)cc1)c1nn(C)c(-c2ccc(F)c(Br)c2)c1O. The predicted octanol–water partition coefficient (Wildman–Crippen LogP) is 12.3. The Morgan fingerprint density at radius 1 is 0.495 bits per heavy atom. The van der Waals surface area contributed by atoms with E-state index in [2.05, 4.69) is 111 Å². The summed E-state index contributed by atoms with van der Waals surface area (Å²) in [5, 5.41) is 94.2. The van der Waals surface area contributed by atoms with Crippen LogP contribution in [0.5, 0.6) is 17.2 Å². The van der Waals surface area contributed by atoms with Gasteiger partial charge in [-0.3, -0.25) is 30.3 Å². The number of nitrogens with one attached hydrogen (secondary N) is 6. The monoisotopic (exact) mass is 1410 g/mol. The van der Waals surface area contributed by atoms with E-state index in [1.54, 1.807) is 99.8 Å². The molecule has 95 heavy (non-hydrogen) atoms. The minimum absolute atomic E-state index is 0.0405. The maximum absolute atomic E-state index is 13.5. The highest BCUT2D eigenvalue weighted by molar-refractivity contribution is 9.10. The third kappa shape index (κ3) is 19.2. The summed E-state index contributed by atoms with van der Waals surface area (Å²) in [5.41, 5.74) is 20.0. The Hall–Kier alpha value is -10.8. The van der Waals surface area contributed by atoms with Crippen molar-refractivity contribution in [2.45, 2.75) is 54.9 Å². The number of benzene rings is 6. The summed E-state index contributed by atoms with van der Waals surface area (Å²) in [7, 11) is 5.20. The lowest BCUT2D eigenvalue weighted by molar-refractivity contribution is 0.0686. The first-order chi connectivity index (χ1) is 45.0. The number of aromatic hydroxyl groups is 3. The van der Waals surface area contributed by atoms with Gasteiger partial charge in [0.25, 0.3) is 0 Å². The molecule has 0 aliphatic rings. The van der Waals surface area contributed by atoms with Crippen molar-refractivity contribution >= 4 is 120 Å². The number of aromatic carboxylic acids is 3. The molecule has 29 heteroatoms. The summed E-state index contributed by atoms with van der Waals surface area (Å²) in [4.78, 5) is 32.8. The third-order valence-electron chi connectivity index (χ3n) is 13.8. The Morgan fingerprint density at radius 3 is 1.13 bits per heavy atom. The molecule has 0 saturated carbocycles. The van der Waals surface area contributed by atoms with Crippen LogP contribution in [0.3, 0.4) is 0 Å². The minimum Gasteiger partial charge on any atom is -0.504 e. The fraction of sp³-hybridized carbons (Fsp3) is 0.182. The molecule has 9 rings (SSSR count). The second-order valence-corrected chi connectivity index (χ2v) is 23.8. The number of halogens is 2. The molecule has 492 valence electrons. The summed E-state index contributed by atoms with van der Waals surface area (Å²) in [5.74, 6) is -2.87. The maximum Gasteiger partial charge on any atom is 0.335 e. The molecule has 24 nitrogen and oxygen atoms in total. The number of carboxylic acid groups (broad SMARTS) is 3. The van der Waals surface area contributed by atoms with Crippen LogP contribution < -0.4 is 32.2 Å². The number of carboxylic acids is 3. The normalized spacial score (nSPS) is 11.4. The van der Waals surface area contributed by atoms with Crippen molar-refractivity contribution in [2.24, 2.45) is 42.4 Å². The van der Waals surface area contributed by atoms with Gasteiger partial charge in [-0.05, 0) is 208 Å². The zero-order chi connectivity index (χ0) is 69.5. The summed E-state index contributed by atoms with van der Waals surface area (Å²) in [6.07, 6.45) is 0.998. The zero-order valence-corrected chi connectivity index (χ0v) is 56.9. The third-order valence-corrected chi connectivity index (χ3v) is 15.0. The van der Waals surface area contributed by atoms with Gasteiger partial charge in [0.05, 0.1) is 38.3 Å². The number of thiocarbonyl (C=S) groups is 3. The molecular formula is C66H67BrFN15O9S3. The van der Waals surface area contributed by atoms with Crippen molar-refractivity contribution in [1.82, 2.24) is 45.6 Å². The largest absolute Gasteiger partial charge is 0.504 e. The molecular weight excluding hydrogens is 1340 g/mol. The van der Waals surface area contributed by atoms with E-state index in [0.717, 1.165) is 28.7 Å². The highest BCUT2D eigenvalue weighted by Gasteiger charge is 2.23. The molecule has 12 N–H and O–H groups in total. The predicted molar refractivity (Wildman–Crippen MR) is 382 cm³/mol. The van der Waals surface area contributed by atoms with Crippen molar-refractivity contribution in [1.29, 1.82) is 0 Å². The van der Waals surface area contributed by atoms with Crippen molar-refractivity contribution < 1.29 is 49.4 Å². The summed E-state index contributed by atoms with van der Waals surface area (Å²) >= 11 is 18.8. The van der Waals surface area contributed by atoms with Crippen LogP contribution in [0.15, 0.2) is 153 Å². The average Bonchev–Trinajstić information content (AvgIpc) is 1.67. The quantitative estimate of drug-likeness (QED) is 0.0229. The Morgan fingerprint density at radius 2 is 0.811 bits per heavy atom. The van der Waals surface area contributed by atoms with E-state index >= 15 is 0 Å². The lowest BCUT2D eigenvalue weighted by Gasteiger charge is -2.08. The molecule has 0 fully saturated rings. The van der Waals surface area contributed by atoms with Gasteiger partial charge in [-0.25, -0.2) is 18.8 Å². The van der Waals surface area contributed by atoms with E-state index in [-0.39, 0.29) is 59.4 Å². The number of hydrogen-bond donors (Lipinski definition) is 12. The van der Waals surface area contributed by atoms with Crippen molar-refractivity contribution in [3.8, 4) is 51.0 Å². The molecule has 0 aliphatic carbocycles. The topological polar surface area (TPSA) is 335 Å². The van der Waals surface area contributed by atoms with Crippen LogP contribution in [-0.4, -0.2) is 110 Å². The van der Waals surface area contributed by atoms with Gasteiger partial charge >= 0.3 is 17.9 Å². The van der Waals surface area contributed by atoms with Gasteiger partial charge in [0, 0.05) is 54.9 Å². The number of aryl methyl sites for hydroxylation is 5. The summed E-state index contributed by atoms with van der Waals surface area (Å²) < 4.78 is 18.5. The Labute approximate surface area is 570 Å². The maximum atomic E-state index is 13.5. The highest BCUT2D eigenvalue weighted by atomic mass is 79.9. The van der Waals surface area contributed by atoms with E-state index < -0.39 is 23.7 Å². The van der Waals surface area contributed by atoms with E-state index in [1.165, 1.54) is 52.7 Å². The van der Waals surface area contributed by atoms with Crippen LogP contribution in [0.4, 0.5) is 21.5 Å². The molecule has 6 aromatic carbocycles. The highest BCUT2D eigenvalue weighted by Crippen LogP contribution is 2.36. The van der Waals surface area contributed by atoms with E-state index in [4.69, 9.17) is 52.0 Å². The zero-order valence-electron chi connectivity index (χ0n) is 52.9. The van der Waals surface area contributed by atoms with Gasteiger partial charge in [0.2, 0.25) is 0 Å². The van der Waals surface area contributed by atoms with Crippen molar-refractivity contribution in [2.75, 3.05) is 16.0 Å². The molecule has 0 radical (unpaired) electrons. The molecule has 0 bridgehead atoms. The van der Waals surface area contributed by atoms with E-state index in [0.29, 0.717) is 74.1 Å². The van der Waals surface area contributed by atoms with Gasteiger partial charge in [-0.1, -0.05) is 55.3 Å². The van der Waals surface area contributed by atoms with Gasteiger partial charge in [0.1, 0.15) is 22.9 Å². The summed E-state index contributed by atoms with van der Waals surface area (Å²) in [6.45, 7) is 13.4. The number of hydrogen-bond acceptors (Lipinski definition) is 15. The van der Waals surface area contributed by atoms with E-state index in [1.807, 2.05) is 38.1 Å². The molecule has 0 spiro atoms. The van der Waals surface area contributed by atoms with Gasteiger partial charge in [0.15, 0.2) is 49.7 Å². The second kappa shape index (κ2) is 32.2. The number of carbonyl (C=O) groups is 3. The number of nitrogens with zero attached hydrogens (tertiary/aromatic N) is 9. The molecule has 0 amide bonds. The van der Waals surface area contributed by atoms with Crippen LogP contribution >= 0.6 is 52.6 Å². The van der Waals surface area contributed by atoms with Crippen molar-refractivity contribution in [3.63, 3.8) is 0 Å². The molecule has 0 aliphatic heterocycles. The smallest absolute Gasteiger partial charge is 0.335 e. The van der Waals surface area contributed by atoms with E-state index in [9.17, 15) is 34.1 Å². The Balaban J connectivity index is 0.000000201. The van der Waals surface area contributed by atoms with Crippen LogP contribution in [0, 0.1) is 25.6 Å². The van der Waals surface area contributed by atoms with Crippen LogP contribution in [-0.2, 0) is 27.6 Å². The lowest BCUT2D eigenvalue weighted by atomic mass is 10.0. The van der Waals surface area contributed by atoms with Crippen LogP contribution in [0.25, 0.3) is 33.8 Å². The Kier molecular flexibility index (Phi) is 24.3. The lowest BCUT2D eigenvalue weighted by Crippen LogP contribution is -2.25. The minimum atomic E-state index is -1.02. The van der Waals surface area contributed by atoms with Crippen LogP contribution in [0.1, 0.15) is 99.5 Å². The van der Waals surface area contributed by atoms with Crippen molar-refractivity contribution in [3.05, 3.63) is 194 Å².